The van der Waals surface area contributed by atoms with Crippen LogP contribution in [0.2, 0.25) is 0 Å². The molecule has 138 valence electrons. The number of hydrogen-bond donors (Lipinski definition) is 1. The third-order valence-corrected chi connectivity index (χ3v) is 4.57. The average Bonchev–Trinajstić information content (AvgIpc) is 2.88. The first-order valence-corrected chi connectivity index (χ1v) is 8.67. The topological polar surface area (TPSA) is 96.0 Å². The number of ether oxygens (including phenoxy) is 1. The lowest BCUT2D eigenvalue weighted by Crippen LogP contribution is -2.49. The van der Waals surface area contributed by atoms with Crippen LogP contribution in [0.1, 0.15) is 40.5 Å². The molecule has 0 spiro atoms. The van der Waals surface area contributed by atoms with Crippen LogP contribution in [-0.2, 0) is 9.53 Å². The van der Waals surface area contributed by atoms with Crippen LogP contribution in [0.4, 0.5) is 4.79 Å². The van der Waals surface area contributed by atoms with Gasteiger partial charge in [-0.1, -0.05) is 12.1 Å². The smallest absolute Gasteiger partial charge is 0.409 e. The Kier molecular flexibility index (Phi) is 5.20. The molecule has 1 saturated heterocycles. The van der Waals surface area contributed by atoms with E-state index in [4.69, 9.17) is 4.74 Å². The highest BCUT2D eigenvalue weighted by molar-refractivity contribution is 6.22. The van der Waals surface area contributed by atoms with Crippen LogP contribution in [0.5, 0.6) is 0 Å². The SMILES string of the molecule is CCOC(=O)N1CCC(NC(=O)CN2C(=O)c3ccccc3C2=O)CC1. The number of amides is 4. The first-order chi connectivity index (χ1) is 12.5. The van der Waals surface area contributed by atoms with Gasteiger partial charge in [0, 0.05) is 19.1 Å². The molecule has 1 aromatic rings. The van der Waals surface area contributed by atoms with Gasteiger partial charge in [0.25, 0.3) is 11.8 Å². The number of imide groups is 1. The third-order valence-electron chi connectivity index (χ3n) is 4.57. The molecule has 0 aromatic heterocycles. The molecule has 1 aromatic carbocycles. The largest absolute Gasteiger partial charge is 0.450 e. The number of rotatable bonds is 4. The highest BCUT2D eigenvalue weighted by atomic mass is 16.6. The number of nitrogens with one attached hydrogen (secondary N) is 1. The Morgan fingerprint density at radius 2 is 1.69 bits per heavy atom. The number of nitrogens with zero attached hydrogens (tertiary/aromatic N) is 2. The van der Waals surface area contributed by atoms with E-state index in [0.29, 0.717) is 43.7 Å². The minimum atomic E-state index is -0.446. The van der Waals surface area contributed by atoms with Gasteiger partial charge in [-0.25, -0.2) is 4.79 Å². The van der Waals surface area contributed by atoms with Crippen LogP contribution in [0.25, 0.3) is 0 Å². The lowest BCUT2D eigenvalue weighted by atomic mass is 10.1. The van der Waals surface area contributed by atoms with E-state index in [1.165, 1.54) is 0 Å². The summed E-state index contributed by atoms with van der Waals surface area (Å²) in [5, 5.41) is 2.84. The molecule has 3 rings (SSSR count). The molecule has 0 radical (unpaired) electrons. The monoisotopic (exact) mass is 359 g/mol. The summed E-state index contributed by atoms with van der Waals surface area (Å²) in [6, 6.07) is 6.44. The predicted octanol–water partition coefficient (Wildman–Crippen LogP) is 1.02. The molecular weight excluding hydrogens is 338 g/mol. The van der Waals surface area contributed by atoms with Crippen molar-refractivity contribution in [2.45, 2.75) is 25.8 Å². The summed E-state index contributed by atoms with van der Waals surface area (Å²) in [5.74, 6) is -1.27. The van der Waals surface area contributed by atoms with Crippen molar-refractivity contribution >= 4 is 23.8 Å². The van der Waals surface area contributed by atoms with Gasteiger partial charge in [-0.15, -0.1) is 0 Å². The highest BCUT2D eigenvalue weighted by Gasteiger charge is 2.36. The van der Waals surface area contributed by atoms with Gasteiger partial charge < -0.3 is 15.0 Å². The number of benzene rings is 1. The highest BCUT2D eigenvalue weighted by Crippen LogP contribution is 2.22. The molecule has 0 unspecified atom stereocenters. The molecule has 8 nitrogen and oxygen atoms in total. The molecule has 26 heavy (non-hydrogen) atoms. The standard InChI is InChI=1S/C18H21N3O5/c1-2-26-18(25)20-9-7-12(8-10-20)19-15(22)11-21-16(23)13-5-3-4-6-14(13)17(21)24/h3-6,12H,2,7-11H2,1H3,(H,19,22). The molecule has 0 aliphatic carbocycles. The van der Waals surface area contributed by atoms with E-state index in [1.807, 2.05) is 0 Å². The third kappa shape index (κ3) is 3.54. The first-order valence-electron chi connectivity index (χ1n) is 8.67. The Morgan fingerprint density at radius 3 is 2.23 bits per heavy atom. The second kappa shape index (κ2) is 7.55. The fraction of sp³-hybridized carbons (Fsp3) is 0.444. The van der Waals surface area contributed by atoms with Gasteiger partial charge >= 0.3 is 6.09 Å². The molecule has 2 aliphatic rings. The van der Waals surface area contributed by atoms with Gasteiger partial charge in [0.2, 0.25) is 5.91 Å². The minimum absolute atomic E-state index is 0.0941. The molecule has 0 saturated carbocycles. The van der Waals surface area contributed by atoms with Crippen LogP contribution in [0, 0.1) is 0 Å². The quantitative estimate of drug-likeness (QED) is 0.810. The van der Waals surface area contributed by atoms with Gasteiger partial charge in [-0.3, -0.25) is 19.3 Å². The number of carbonyl (C=O) groups excluding carboxylic acids is 4. The maximum atomic E-state index is 12.3. The van der Waals surface area contributed by atoms with Crippen molar-refractivity contribution in [1.29, 1.82) is 0 Å². The van der Waals surface area contributed by atoms with Crippen LogP contribution in [-0.4, -0.2) is 65.9 Å². The first kappa shape index (κ1) is 17.9. The van der Waals surface area contributed by atoms with Crippen molar-refractivity contribution in [3.8, 4) is 0 Å². The van der Waals surface area contributed by atoms with Crippen LogP contribution in [0.3, 0.4) is 0 Å². The van der Waals surface area contributed by atoms with E-state index in [1.54, 1.807) is 36.1 Å². The van der Waals surface area contributed by atoms with Crippen molar-refractivity contribution in [3.05, 3.63) is 35.4 Å². The maximum Gasteiger partial charge on any atom is 0.409 e. The Bertz CT molecular complexity index is 705. The summed E-state index contributed by atoms with van der Waals surface area (Å²) in [5.41, 5.74) is 0.654. The van der Waals surface area contributed by atoms with E-state index in [2.05, 4.69) is 5.32 Å². The van der Waals surface area contributed by atoms with Crippen LogP contribution >= 0.6 is 0 Å². The molecule has 2 aliphatic heterocycles. The molecule has 4 amide bonds. The Labute approximate surface area is 151 Å². The minimum Gasteiger partial charge on any atom is -0.450 e. The van der Waals surface area contributed by atoms with E-state index in [9.17, 15) is 19.2 Å². The van der Waals surface area contributed by atoms with E-state index < -0.39 is 11.8 Å². The fourth-order valence-electron chi connectivity index (χ4n) is 3.22. The molecular formula is C18H21N3O5. The van der Waals surface area contributed by atoms with Gasteiger partial charge in [-0.2, -0.15) is 0 Å². The summed E-state index contributed by atoms with van der Waals surface area (Å²) in [7, 11) is 0. The van der Waals surface area contributed by atoms with Crippen molar-refractivity contribution in [2.24, 2.45) is 0 Å². The van der Waals surface area contributed by atoms with Gasteiger partial charge in [-0.05, 0) is 31.9 Å². The van der Waals surface area contributed by atoms with E-state index in [-0.39, 0.29) is 24.6 Å². The zero-order valence-corrected chi connectivity index (χ0v) is 14.6. The van der Waals surface area contributed by atoms with Gasteiger partial charge in [0.15, 0.2) is 0 Å². The summed E-state index contributed by atoms with van der Waals surface area (Å²) >= 11 is 0. The predicted molar refractivity (Wildman–Crippen MR) is 91.6 cm³/mol. The van der Waals surface area contributed by atoms with Crippen molar-refractivity contribution in [3.63, 3.8) is 0 Å². The second-order valence-electron chi connectivity index (χ2n) is 6.27. The van der Waals surface area contributed by atoms with Crippen molar-refractivity contribution in [1.82, 2.24) is 15.1 Å². The van der Waals surface area contributed by atoms with Gasteiger partial charge in [0.05, 0.1) is 17.7 Å². The molecule has 0 atom stereocenters. The number of piperidine rings is 1. The molecule has 1 N–H and O–H groups in total. The Morgan fingerprint density at radius 1 is 1.12 bits per heavy atom. The fourth-order valence-corrected chi connectivity index (χ4v) is 3.22. The average molecular weight is 359 g/mol. The lowest BCUT2D eigenvalue weighted by Gasteiger charge is -2.31. The second-order valence-corrected chi connectivity index (χ2v) is 6.27. The Hall–Kier alpha value is -2.90. The molecule has 8 heteroatoms. The van der Waals surface area contributed by atoms with E-state index in [0.717, 1.165) is 4.90 Å². The summed E-state index contributed by atoms with van der Waals surface area (Å²) in [4.78, 5) is 51.1. The molecule has 2 heterocycles. The van der Waals surface area contributed by atoms with Crippen LogP contribution in [0.15, 0.2) is 24.3 Å². The summed E-state index contributed by atoms with van der Waals surface area (Å²) in [6.07, 6.45) is 0.864. The van der Waals surface area contributed by atoms with Gasteiger partial charge in [0.1, 0.15) is 6.54 Å². The summed E-state index contributed by atoms with van der Waals surface area (Å²) in [6.45, 7) is 2.78. The van der Waals surface area contributed by atoms with Crippen molar-refractivity contribution < 1.29 is 23.9 Å². The normalized spacial score (nSPS) is 17.3. The number of carbonyl (C=O) groups is 4. The lowest BCUT2D eigenvalue weighted by molar-refractivity contribution is -0.122. The summed E-state index contributed by atoms with van der Waals surface area (Å²) < 4.78 is 4.96. The molecule has 1 fully saturated rings. The van der Waals surface area contributed by atoms with Crippen LogP contribution < -0.4 is 5.32 Å². The maximum absolute atomic E-state index is 12.3. The number of hydrogen-bond acceptors (Lipinski definition) is 5. The Balaban J connectivity index is 1.51. The van der Waals surface area contributed by atoms with Crippen molar-refractivity contribution in [2.75, 3.05) is 26.2 Å². The molecule has 0 bridgehead atoms. The zero-order valence-electron chi connectivity index (χ0n) is 14.6. The number of fused-ring (bicyclic) bond motifs is 1. The van der Waals surface area contributed by atoms with E-state index >= 15 is 0 Å². The number of likely N-dealkylation sites (tertiary alicyclic amines) is 1. The zero-order chi connectivity index (χ0) is 18.7.